The van der Waals surface area contributed by atoms with Gasteiger partial charge in [0, 0.05) is 19.1 Å². The van der Waals surface area contributed by atoms with E-state index >= 15 is 0 Å². The van der Waals surface area contributed by atoms with Crippen LogP contribution in [0.1, 0.15) is 36.3 Å². The predicted octanol–water partition coefficient (Wildman–Crippen LogP) is 2.84. The van der Waals surface area contributed by atoms with Crippen molar-refractivity contribution < 1.29 is 9.59 Å². The van der Waals surface area contributed by atoms with Crippen LogP contribution in [0.4, 0.5) is 0 Å². The second-order valence-electron chi connectivity index (χ2n) is 6.76. The molecule has 0 bridgehead atoms. The molecule has 1 aliphatic rings. The number of carbonyl (C=O) groups is 2. The molecular formula is C22H23N3O2. The Bertz CT molecular complexity index is 767. The van der Waals surface area contributed by atoms with E-state index in [1.54, 1.807) is 0 Å². The highest BCUT2D eigenvalue weighted by Gasteiger charge is 2.30. The summed E-state index contributed by atoms with van der Waals surface area (Å²) >= 11 is 0. The SMILES string of the molecule is N#CCC(=O)NC1CCN(C(=O)C(c2ccccc2)c2ccccc2)CC1. The second kappa shape index (κ2) is 9.00. The number of carbonyl (C=O) groups excluding carboxylic acids is 2. The Morgan fingerprint density at radius 2 is 1.52 bits per heavy atom. The summed E-state index contributed by atoms with van der Waals surface area (Å²) in [5.41, 5.74) is 1.97. The fourth-order valence-corrected chi connectivity index (χ4v) is 3.55. The van der Waals surface area contributed by atoms with Crippen LogP contribution < -0.4 is 5.32 Å². The first-order chi connectivity index (χ1) is 13.2. The fraction of sp³-hybridized carbons (Fsp3) is 0.318. The summed E-state index contributed by atoms with van der Waals surface area (Å²) in [5.74, 6) is -0.472. The third-order valence-electron chi connectivity index (χ3n) is 4.92. The number of nitriles is 1. The monoisotopic (exact) mass is 361 g/mol. The van der Waals surface area contributed by atoms with Gasteiger partial charge in [-0.1, -0.05) is 60.7 Å². The molecule has 138 valence electrons. The van der Waals surface area contributed by atoms with E-state index < -0.39 is 0 Å². The lowest BCUT2D eigenvalue weighted by Crippen LogP contribution is -2.47. The van der Waals surface area contributed by atoms with Crippen LogP contribution in [0.5, 0.6) is 0 Å². The Morgan fingerprint density at radius 1 is 1.00 bits per heavy atom. The molecule has 0 spiro atoms. The maximum atomic E-state index is 13.3. The van der Waals surface area contributed by atoms with Gasteiger partial charge >= 0.3 is 0 Å². The molecule has 2 amide bonds. The standard InChI is InChI=1S/C22H23N3O2/c23-14-11-20(26)24-19-12-15-25(16-13-19)22(27)21(17-7-3-1-4-8-17)18-9-5-2-6-10-18/h1-10,19,21H,11-13,15-16H2,(H,24,26). The molecule has 0 unspecified atom stereocenters. The Morgan fingerprint density at radius 3 is 2.00 bits per heavy atom. The first-order valence-corrected chi connectivity index (χ1v) is 9.24. The predicted molar refractivity (Wildman–Crippen MR) is 103 cm³/mol. The van der Waals surface area contributed by atoms with Gasteiger partial charge in [0.05, 0.1) is 12.0 Å². The van der Waals surface area contributed by atoms with Crippen LogP contribution in [-0.4, -0.2) is 35.8 Å². The maximum absolute atomic E-state index is 13.3. The van der Waals surface area contributed by atoms with Gasteiger partial charge in [0.25, 0.3) is 0 Å². The lowest BCUT2D eigenvalue weighted by Gasteiger charge is -2.34. The number of benzene rings is 2. The molecule has 2 aromatic rings. The van der Waals surface area contributed by atoms with E-state index in [1.165, 1.54) is 0 Å². The highest BCUT2D eigenvalue weighted by molar-refractivity contribution is 5.87. The Labute approximate surface area is 159 Å². The van der Waals surface area contributed by atoms with Crippen LogP contribution in [0.25, 0.3) is 0 Å². The van der Waals surface area contributed by atoms with Crippen molar-refractivity contribution in [2.75, 3.05) is 13.1 Å². The van der Waals surface area contributed by atoms with E-state index in [-0.39, 0.29) is 30.2 Å². The summed E-state index contributed by atoms with van der Waals surface area (Å²) < 4.78 is 0. The summed E-state index contributed by atoms with van der Waals surface area (Å²) in [7, 11) is 0. The number of likely N-dealkylation sites (tertiary alicyclic amines) is 1. The molecule has 0 aliphatic carbocycles. The van der Waals surface area contributed by atoms with Gasteiger partial charge in [-0.15, -0.1) is 0 Å². The average molecular weight is 361 g/mol. The zero-order valence-corrected chi connectivity index (χ0v) is 15.2. The molecule has 3 rings (SSSR count). The highest BCUT2D eigenvalue weighted by atomic mass is 16.2. The average Bonchev–Trinajstić information content (AvgIpc) is 2.70. The highest BCUT2D eigenvalue weighted by Crippen LogP contribution is 2.28. The lowest BCUT2D eigenvalue weighted by molar-refractivity contribution is -0.133. The largest absolute Gasteiger partial charge is 0.352 e. The Kier molecular flexibility index (Phi) is 6.22. The quantitative estimate of drug-likeness (QED) is 0.890. The van der Waals surface area contributed by atoms with Crippen molar-refractivity contribution in [3.63, 3.8) is 0 Å². The van der Waals surface area contributed by atoms with Gasteiger partial charge < -0.3 is 10.2 Å². The summed E-state index contributed by atoms with van der Waals surface area (Å²) in [6.45, 7) is 1.21. The summed E-state index contributed by atoms with van der Waals surface area (Å²) in [6, 6.07) is 21.6. The van der Waals surface area contributed by atoms with E-state index in [0.717, 1.165) is 11.1 Å². The topological polar surface area (TPSA) is 73.2 Å². The van der Waals surface area contributed by atoms with Gasteiger partial charge in [-0.25, -0.2) is 0 Å². The summed E-state index contributed by atoms with van der Waals surface area (Å²) in [5, 5.41) is 11.5. The van der Waals surface area contributed by atoms with E-state index in [1.807, 2.05) is 71.6 Å². The van der Waals surface area contributed by atoms with Crippen molar-refractivity contribution in [3.8, 4) is 6.07 Å². The van der Waals surface area contributed by atoms with Gasteiger partial charge in [-0.2, -0.15) is 5.26 Å². The molecule has 1 aliphatic heterocycles. The zero-order chi connectivity index (χ0) is 19.1. The number of hydrogen-bond donors (Lipinski definition) is 1. The normalized spacial score (nSPS) is 14.6. The smallest absolute Gasteiger partial charge is 0.234 e. The molecule has 1 N–H and O–H groups in total. The minimum atomic E-state index is -0.322. The Balaban J connectivity index is 1.71. The molecule has 5 heteroatoms. The molecule has 0 aromatic heterocycles. The van der Waals surface area contributed by atoms with Crippen LogP contribution in [0.15, 0.2) is 60.7 Å². The first-order valence-electron chi connectivity index (χ1n) is 9.24. The third kappa shape index (κ3) is 4.73. The first kappa shape index (κ1) is 18.7. The van der Waals surface area contributed by atoms with E-state index in [4.69, 9.17) is 5.26 Å². The zero-order valence-electron chi connectivity index (χ0n) is 15.2. The van der Waals surface area contributed by atoms with E-state index in [2.05, 4.69) is 5.32 Å². The molecule has 0 atom stereocenters. The molecule has 27 heavy (non-hydrogen) atoms. The Hall–Kier alpha value is -3.13. The molecule has 0 radical (unpaired) electrons. The lowest BCUT2D eigenvalue weighted by atomic mass is 9.89. The molecule has 1 saturated heterocycles. The number of piperidine rings is 1. The summed E-state index contributed by atoms with van der Waals surface area (Å²) in [4.78, 5) is 26.8. The van der Waals surface area contributed by atoms with Crippen molar-refractivity contribution in [3.05, 3.63) is 71.8 Å². The second-order valence-corrected chi connectivity index (χ2v) is 6.76. The minimum absolute atomic E-state index is 0.0294. The molecular weight excluding hydrogens is 338 g/mol. The van der Waals surface area contributed by atoms with Crippen molar-refractivity contribution in [1.82, 2.24) is 10.2 Å². The fourth-order valence-electron chi connectivity index (χ4n) is 3.55. The van der Waals surface area contributed by atoms with Crippen molar-refractivity contribution in [1.29, 1.82) is 5.26 Å². The van der Waals surface area contributed by atoms with Crippen molar-refractivity contribution >= 4 is 11.8 Å². The molecule has 1 fully saturated rings. The third-order valence-corrected chi connectivity index (χ3v) is 4.92. The van der Waals surface area contributed by atoms with Crippen molar-refractivity contribution in [2.24, 2.45) is 0 Å². The van der Waals surface area contributed by atoms with Gasteiger partial charge in [-0.3, -0.25) is 9.59 Å². The van der Waals surface area contributed by atoms with Crippen molar-refractivity contribution in [2.45, 2.75) is 31.2 Å². The van der Waals surface area contributed by atoms with E-state index in [9.17, 15) is 9.59 Å². The molecule has 5 nitrogen and oxygen atoms in total. The van der Waals surface area contributed by atoms with Crippen LogP contribution in [0, 0.1) is 11.3 Å². The van der Waals surface area contributed by atoms with Crippen LogP contribution in [0.3, 0.4) is 0 Å². The maximum Gasteiger partial charge on any atom is 0.234 e. The van der Waals surface area contributed by atoms with E-state index in [0.29, 0.717) is 25.9 Å². The summed E-state index contributed by atoms with van der Waals surface area (Å²) in [6.07, 6.45) is 1.29. The van der Waals surface area contributed by atoms with Gasteiger partial charge in [0.15, 0.2) is 0 Å². The molecule has 0 saturated carbocycles. The number of amides is 2. The molecule has 1 heterocycles. The minimum Gasteiger partial charge on any atom is -0.352 e. The van der Waals surface area contributed by atoms with Crippen LogP contribution in [-0.2, 0) is 9.59 Å². The number of hydrogen-bond acceptors (Lipinski definition) is 3. The number of nitrogens with one attached hydrogen (secondary N) is 1. The van der Waals surface area contributed by atoms with Crippen LogP contribution >= 0.6 is 0 Å². The van der Waals surface area contributed by atoms with Crippen LogP contribution in [0.2, 0.25) is 0 Å². The van der Waals surface area contributed by atoms with Gasteiger partial charge in [-0.05, 0) is 24.0 Å². The number of rotatable bonds is 5. The molecule has 2 aromatic carbocycles. The van der Waals surface area contributed by atoms with Gasteiger partial charge in [0.1, 0.15) is 6.42 Å². The van der Waals surface area contributed by atoms with Gasteiger partial charge in [0.2, 0.25) is 11.8 Å². The number of nitrogens with zero attached hydrogens (tertiary/aromatic N) is 2.